The Hall–Kier alpha value is -3.20. The summed E-state index contributed by atoms with van der Waals surface area (Å²) in [5.41, 5.74) is 14.0. The number of hydrogen-bond donors (Lipinski definition) is 0. The lowest BCUT2D eigenvalue weighted by Gasteiger charge is -2.40. The molecule has 4 aromatic carbocycles. The van der Waals surface area contributed by atoms with Gasteiger partial charge in [-0.15, -0.1) is 0 Å². The van der Waals surface area contributed by atoms with Gasteiger partial charge in [0.1, 0.15) is 0 Å². The normalized spacial score (nSPS) is 17.6. The van der Waals surface area contributed by atoms with Crippen LogP contribution in [0.1, 0.15) is 44.5 Å². The molecule has 0 radical (unpaired) electrons. The third-order valence-corrected chi connectivity index (χ3v) is 7.52. The van der Waals surface area contributed by atoms with E-state index >= 15 is 0 Å². The van der Waals surface area contributed by atoms with E-state index in [0.717, 1.165) is 19.5 Å². The number of nitrogens with zero attached hydrogens (tertiary/aromatic N) is 2. The quantitative estimate of drug-likeness (QED) is 0.325. The molecule has 0 aromatic heterocycles. The van der Waals surface area contributed by atoms with E-state index in [1.165, 1.54) is 55.6 Å². The first-order valence-corrected chi connectivity index (χ1v) is 12.2. The first kappa shape index (κ1) is 21.3. The summed E-state index contributed by atoms with van der Waals surface area (Å²) in [6.07, 6.45) is 0.990. The molecule has 1 atom stereocenters. The monoisotopic (exact) mass is 444 g/mol. The van der Waals surface area contributed by atoms with Crippen molar-refractivity contribution in [1.82, 2.24) is 9.80 Å². The van der Waals surface area contributed by atoms with Gasteiger partial charge >= 0.3 is 0 Å². The van der Waals surface area contributed by atoms with Crippen molar-refractivity contribution >= 4 is 0 Å². The Morgan fingerprint density at radius 3 is 2.09 bits per heavy atom. The first-order chi connectivity index (χ1) is 16.5. The van der Waals surface area contributed by atoms with Gasteiger partial charge in [-0.3, -0.25) is 0 Å². The molecule has 0 saturated heterocycles. The number of fused-ring (bicyclic) bond motifs is 9. The molecule has 170 valence electrons. The van der Waals surface area contributed by atoms with Crippen LogP contribution in [-0.2, 0) is 24.9 Å². The van der Waals surface area contributed by atoms with Gasteiger partial charge < -0.3 is 9.80 Å². The van der Waals surface area contributed by atoms with Gasteiger partial charge in [-0.1, -0.05) is 84.9 Å². The van der Waals surface area contributed by atoms with Gasteiger partial charge in [0.25, 0.3) is 0 Å². The van der Waals surface area contributed by atoms with Gasteiger partial charge in [0.2, 0.25) is 0 Å². The second kappa shape index (κ2) is 7.94. The summed E-state index contributed by atoms with van der Waals surface area (Å²) in [6, 6.07) is 32.4. The topological polar surface area (TPSA) is 6.48 Å². The highest BCUT2D eigenvalue weighted by Crippen LogP contribution is 2.60. The second-order valence-electron chi connectivity index (χ2n) is 10.4. The van der Waals surface area contributed by atoms with Crippen molar-refractivity contribution in [3.8, 4) is 11.1 Å². The zero-order valence-electron chi connectivity index (χ0n) is 20.6. The van der Waals surface area contributed by atoms with Crippen molar-refractivity contribution in [3.05, 3.63) is 129 Å². The van der Waals surface area contributed by atoms with E-state index in [2.05, 4.69) is 123 Å². The lowest BCUT2D eigenvalue weighted by molar-refractivity contribution is 0.402. The van der Waals surface area contributed by atoms with Crippen LogP contribution in [-0.4, -0.2) is 38.0 Å². The van der Waals surface area contributed by atoms with Crippen LogP contribution in [0, 0.1) is 0 Å². The van der Waals surface area contributed by atoms with Gasteiger partial charge in [-0.2, -0.15) is 0 Å². The van der Waals surface area contributed by atoms with Crippen molar-refractivity contribution in [2.24, 2.45) is 0 Å². The molecule has 0 bridgehead atoms. The third-order valence-electron chi connectivity index (χ3n) is 7.52. The summed E-state index contributed by atoms with van der Waals surface area (Å²) in [5.74, 6) is 0. The van der Waals surface area contributed by atoms with Crippen LogP contribution in [0.15, 0.2) is 84.9 Å². The molecule has 0 fully saturated rings. The molecule has 2 heteroatoms. The molecule has 0 amide bonds. The van der Waals surface area contributed by atoms with E-state index < -0.39 is 0 Å². The van der Waals surface area contributed by atoms with Crippen molar-refractivity contribution in [2.45, 2.75) is 24.9 Å². The van der Waals surface area contributed by atoms with Gasteiger partial charge in [0.05, 0.1) is 5.41 Å². The number of rotatable bonds is 4. The van der Waals surface area contributed by atoms with Crippen LogP contribution in [0.3, 0.4) is 0 Å². The lowest BCUT2D eigenvalue weighted by atomic mass is 9.61. The summed E-state index contributed by atoms with van der Waals surface area (Å²) in [4.78, 5) is 4.54. The van der Waals surface area contributed by atoms with E-state index in [9.17, 15) is 0 Å². The zero-order valence-corrected chi connectivity index (χ0v) is 20.6. The van der Waals surface area contributed by atoms with Gasteiger partial charge in [0.15, 0.2) is 0 Å². The van der Waals surface area contributed by atoms with Gasteiger partial charge in [0, 0.05) is 13.1 Å². The molecule has 2 nitrogen and oxygen atoms in total. The molecule has 0 aliphatic heterocycles. The Labute approximate surface area is 203 Å². The van der Waals surface area contributed by atoms with Crippen LogP contribution < -0.4 is 0 Å². The summed E-state index contributed by atoms with van der Waals surface area (Å²) in [7, 11) is 8.62. The molecule has 2 aliphatic rings. The fraction of sp³-hybridized carbons (Fsp3) is 0.250. The molecule has 1 unspecified atom stereocenters. The second-order valence-corrected chi connectivity index (χ2v) is 10.4. The Bertz CT molecular complexity index is 1400. The fourth-order valence-corrected chi connectivity index (χ4v) is 6.44. The van der Waals surface area contributed by atoms with Crippen LogP contribution >= 0.6 is 0 Å². The predicted molar refractivity (Wildman–Crippen MR) is 141 cm³/mol. The molecule has 0 N–H and O–H groups in total. The highest BCUT2D eigenvalue weighted by Gasteiger charge is 2.50. The molecular formula is C32H32N2. The standard InChI is InChI=1S/C32H32N2/c1-33(2)20-22-16-17-24-19-23-10-5-7-13-27(23)32(30(24)18-22)28-14-8-6-12-26(28)31-25(21-34(3)4)11-9-15-29(31)32/h5-18H,19-21H2,1-4H3. The van der Waals surface area contributed by atoms with E-state index in [4.69, 9.17) is 0 Å². The molecule has 0 heterocycles. The van der Waals surface area contributed by atoms with Crippen molar-refractivity contribution < 1.29 is 0 Å². The average Bonchev–Trinajstić information content (AvgIpc) is 3.11. The van der Waals surface area contributed by atoms with E-state index in [-0.39, 0.29) is 5.41 Å². The average molecular weight is 445 g/mol. The van der Waals surface area contributed by atoms with E-state index in [1.807, 2.05) is 0 Å². The SMILES string of the molecule is CN(C)Cc1ccc2c(c1)C1(c3ccccc3C2)c2ccccc2-c2c(CN(C)C)cccc21. The fourth-order valence-electron chi connectivity index (χ4n) is 6.44. The number of benzene rings is 4. The Morgan fingerprint density at radius 2 is 1.29 bits per heavy atom. The largest absolute Gasteiger partial charge is 0.305 e. The zero-order chi connectivity index (χ0) is 23.4. The Balaban J connectivity index is 1.75. The Kier molecular flexibility index (Phi) is 4.98. The Morgan fingerprint density at radius 1 is 0.618 bits per heavy atom. The maximum atomic E-state index is 2.50. The number of hydrogen-bond acceptors (Lipinski definition) is 2. The lowest BCUT2D eigenvalue weighted by Crippen LogP contribution is -2.34. The molecule has 0 saturated carbocycles. The predicted octanol–water partition coefficient (Wildman–Crippen LogP) is 6.08. The van der Waals surface area contributed by atoms with Gasteiger partial charge in [-0.25, -0.2) is 0 Å². The summed E-state index contributed by atoms with van der Waals surface area (Å²) in [6.45, 7) is 1.88. The highest BCUT2D eigenvalue weighted by molar-refractivity contribution is 5.89. The molecule has 1 spiro atoms. The molecular weight excluding hydrogens is 412 g/mol. The molecule has 34 heavy (non-hydrogen) atoms. The van der Waals surface area contributed by atoms with Crippen LogP contribution in [0.2, 0.25) is 0 Å². The minimum absolute atomic E-state index is 0.277. The van der Waals surface area contributed by atoms with Crippen LogP contribution in [0.5, 0.6) is 0 Å². The van der Waals surface area contributed by atoms with Crippen molar-refractivity contribution in [3.63, 3.8) is 0 Å². The minimum Gasteiger partial charge on any atom is -0.305 e. The maximum Gasteiger partial charge on any atom is 0.0719 e. The smallest absolute Gasteiger partial charge is 0.0719 e. The van der Waals surface area contributed by atoms with Crippen molar-refractivity contribution in [1.29, 1.82) is 0 Å². The third kappa shape index (κ3) is 3.02. The maximum absolute atomic E-state index is 2.50. The van der Waals surface area contributed by atoms with Crippen LogP contribution in [0.25, 0.3) is 11.1 Å². The summed E-state index contributed by atoms with van der Waals surface area (Å²) in [5, 5.41) is 0. The highest BCUT2D eigenvalue weighted by atomic mass is 15.1. The molecule has 2 aliphatic carbocycles. The molecule has 4 aromatic rings. The van der Waals surface area contributed by atoms with E-state index in [1.54, 1.807) is 0 Å². The van der Waals surface area contributed by atoms with E-state index in [0.29, 0.717) is 0 Å². The van der Waals surface area contributed by atoms with Crippen LogP contribution in [0.4, 0.5) is 0 Å². The first-order valence-electron chi connectivity index (χ1n) is 12.2. The summed E-state index contributed by atoms with van der Waals surface area (Å²) < 4.78 is 0. The van der Waals surface area contributed by atoms with Crippen molar-refractivity contribution in [2.75, 3.05) is 28.2 Å². The minimum atomic E-state index is -0.277. The molecule has 6 rings (SSSR count). The van der Waals surface area contributed by atoms with Gasteiger partial charge in [-0.05, 0) is 90.2 Å². The summed E-state index contributed by atoms with van der Waals surface area (Å²) >= 11 is 0.